The normalized spacial score (nSPS) is 27.7. The molecule has 0 aliphatic carbocycles. The lowest BCUT2D eigenvalue weighted by Gasteiger charge is -2.36. The van der Waals surface area contributed by atoms with E-state index in [2.05, 4.69) is 9.88 Å². The molecule has 4 rings (SSSR count). The lowest BCUT2D eigenvalue weighted by atomic mass is 10.0. The fourth-order valence-electron chi connectivity index (χ4n) is 3.91. The van der Waals surface area contributed by atoms with Crippen molar-refractivity contribution in [1.29, 1.82) is 0 Å². The third-order valence-corrected chi connectivity index (χ3v) is 4.84. The molecule has 106 valence electrons. The fraction of sp³-hybridized carbons (Fsp3) is 0.600. The van der Waals surface area contributed by atoms with Gasteiger partial charge in [0.2, 0.25) is 0 Å². The van der Waals surface area contributed by atoms with E-state index in [0.717, 1.165) is 24.1 Å². The van der Waals surface area contributed by atoms with Crippen molar-refractivity contribution in [3.05, 3.63) is 22.9 Å². The lowest BCUT2D eigenvalue weighted by molar-refractivity contribution is 0.0696. The second-order valence-electron chi connectivity index (χ2n) is 5.99. The van der Waals surface area contributed by atoms with Crippen LogP contribution >= 0.6 is 0 Å². The van der Waals surface area contributed by atoms with Gasteiger partial charge in [0.1, 0.15) is 11.4 Å². The quantitative estimate of drug-likeness (QED) is 0.896. The molecule has 1 N–H and O–H groups in total. The number of fused-ring (bicyclic) bond motifs is 3. The van der Waals surface area contributed by atoms with Crippen LogP contribution in [0.4, 0.5) is 5.82 Å². The number of hydrogen-bond donors (Lipinski definition) is 1. The molecule has 5 nitrogen and oxygen atoms in total. The summed E-state index contributed by atoms with van der Waals surface area (Å²) >= 11 is 0. The van der Waals surface area contributed by atoms with E-state index in [-0.39, 0.29) is 0 Å². The highest BCUT2D eigenvalue weighted by Crippen LogP contribution is 2.40. The van der Waals surface area contributed by atoms with Gasteiger partial charge < -0.3 is 14.7 Å². The molecule has 2 bridgehead atoms. The molecule has 2 unspecified atom stereocenters. The zero-order valence-corrected chi connectivity index (χ0v) is 11.3. The summed E-state index contributed by atoms with van der Waals surface area (Å²) in [5.74, 6) is -0.207. The van der Waals surface area contributed by atoms with E-state index in [1.807, 2.05) is 0 Å². The molecular weight excluding hydrogens is 256 g/mol. The Kier molecular flexibility index (Phi) is 2.70. The van der Waals surface area contributed by atoms with Crippen LogP contribution in [-0.2, 0) is 18.0 Å². The first-order valence-electron chi connectivity index (χ1n) is 7.36. The number of nitrogens with zero attached hydrogens (tertiary/aromatic N) is 2. The number of carboxylic acids is 1. The van der Waals surface area contributed by atoms with E-state index in [0.29, 0.717) is 36.7 Å². The first-order valence-corrected chi connectivity index (χ1v) is 7.36. The highest BCUT2D eigenvalue weighted by atomic mass is 16.5. The minimum Gasteiger partial charge on any atom is -0.478 e. The van der Waals surface area contributed by atoms with Gasteiger partial charge in [0.15, 0.2) is 0 Å². The number of hydrogen-bond acceptors (Lipinski definition) is 4. The van der Waals surface area contributed by atoms with Crippen molar-refractivity contribution in [2.75, 3.05) is 4.90 Å². The van der Waals surface area contributed by atoms with Crippen molar-refractivity contribution in [2.45, 2.75) is 57.4 Å². The maximum atomic E-state index is 11.6. The van der Waals surface area contributed by atoms with Crippen LogP contribution in [-0.4, -0.2) is 28.1 Å². The summed E-state index contributed by atoms with van der Waals surface area (Å²) in [4.78, 5) is 18.5. The van der Waals surface area contributed by atoms with Crippen LogP contribution in [0.1, 0.15) is 53.7 Å². The molecule has 5 heteroatoms. The number of rotatable bonds is 2. The predicted molar refractivity (Wildman–Crippen MR) is 72.8 cm³/mol. The second-order valence-corrected chi connectivity index (χ2v) is 5.99. The topological polar surface area (TPSA) is 62.7 Å². The Hall–Kier alpha value is -1.62. The van der Waals surface area contributed by atoms with Crippen LogP contribution in [0, 0.1) is 0 Å². The summed E-state index contributed by atoms with van der Waals surface area (Å²) in [5, 5.41) is 9.51. The van der Waals surface area contributed by atoms with Crippen LogP contribution in [0.3, 0.4) is 0 Å². The van der Waals surface area contributed by atoms with E-state index < -0.39 is 5.97 Å². The molecule has 1 aromatic rings. The second kappa shape index (κ2) is 4.45. The number of ether oxygens (including phenoxy) is 1. The molecule has 4 heterocycles. The molecule has 3 aliphatic rings. The Bertz CT molecular complexity index is 556. The molecule has 20 heavy (non-hydrogen) atoms. The Labute approximate surface area is 117 Å². The summed E-state index contributed by atoms with van der Waals surface area (Å²) in [7, 11) is 0. The van der Waals surface area contributed by atoms with Crippen LogP contribution in [0.15, 0.2) is 6.07 Å². The van der Waals surface area contributed by atoms with Gasteiger partial charge in [0.05, 0.1) is 18.9 Å². The fourth-order valence-corrected chi connectivity index (χ4v) is 3.91. The van der Waals surface area contributed by atoms with Crippen LogP contribution in [0.25, 0.3) is 0 Å². The summed E-state index contributed by atoms with van der Waals surface area (Å²) in [6.45, 7) is 0.987. The van der Waals surface area contributed by atoms with Gasteiger partial charge in [-0.3, -0.25) is 0 Å². The monoisotopic (exact) mass is 274 g/mol. The predicted octanol–water partition coefficient (Wildman–Crippen LogP) is 2.33. The molecule has 2 atom stereocenters. The number of aromatic nitrogens is 1. The minimum absolute atomic E-state index is 0.341. The number of carboxylic acid groups (broad SMARTS) is 1. The van der Waals surface area contributed by atoms with Gasteiger partial charge in [-0.05, 0) is 38.2 Å². The average Bonchev–Trinajstić information content (AvgIpc) is 2.98. The van der Waals surface area contributed by atoms with Gasteiger partial charge in [-0.2, -0.15) is 0 Å². The molecule has 3 aliphatic heterocycles. The Morgan fingerprint density at radius 3 is 2.70 bits per heavy atom. The summed E-state index contributed by atoms with van der Waals surface area (Å²) in [6, 6.07) is 2.71. The first kappa shape index (κ1) is 12.1. The maximum Gasteiger partial charge on any atom is 0.339 e. The molecular formula is C15H18N2O3. The number of aromatic carboxylic acids is 1. The van der Waals surface area contributed by atoms with E-state index in [1.54, 1.807) is 6.07 Å². The molecule has 0 saturated carbocycles. The Morgan fingerprint density at radius 2 is 2.00 bits per heavy atom. The van der Waals surface area contributed by atoms with Gasteiger partial charge in [-0.1, -0.05) is 0 Å². The third kappa shape index (κ3) is 1.73. The molecule has 0 radical (unpaired) electrons. The van der Waals surface area contributed by atoms with Crippen molar-refractivity contribution >= 4 is 11.8 Å². The zero-order chi connectivity index (χ0) is 13.7. The van der Waals surface area contributed by atoms with E-state index >= 15 is 0 Å². The summed E-state index contributed by atoms with van der Waals surface area (Å²) < 4.78 is 5.39. The summed E-state index contributed by atoms with van der Waals surface area (Å²) in [6.07, 6.45) is 5.90. The van der Waals surface area contributed by atoms with E-state index in [9.17, 15) is 9.90 Å². The molecule has 2 fully saturated rings. The zero-order valence-electron chi connectivity index (χ0n) is 11.3. The number of pyridine rings is 1. The lowest BCUT2D eigenvalue weighted by Crippen LogP contribution is -2.41. The highest BCUT2D eigenvalue weighted by Gasteiger charge is 2.39. The van der Waals surface area contributed by atoms with Crippen molar-refractivity contribution in [3.8, 4) is 0 Å². The largest absolute Gasteiger partial charge is 0.478 e. The first-order chi connectivity index (χ1) is 9.74. The Morgan fingerprint density at radius 1 is 1.25 bits per heavy atom. The maximum absolute atomic E-state index is 11.6. The molecule has 0 spiro atoms. The summed E-state index contributed by atoms with van der Waals surface area (Å²) in [5.41, 5.74) is 2.18. The Balaban J connectivity index is 1.82. The molecule has 0 aromatic carbocycles. The van der Waals surface area contributed by atoms with Crippen LogP contribution in [0.5, 0.6) is 0 Å². The van der Waals surface area contributed by atoms with Crippen molar-refractivity contribution in [1.82, 2.24) is 4.98 Å². The van der Waals surface area contributed by atoms with Crippen molar-refractivity contribution < 1.29 is 14.6 Å². The number of piperidine rings is 1. The van der Waals surface area contributed by atoms with E-state index in [1.165, 1.54) is 19.3 Å². The van der Waals surface area contributed by atoms with Crippen LogP contribution in [0.2, 0.25) is 0 Å². The number of anilines is 1. The SMILES string of the molecule is O=C(O)c1cc2c(nc1N1C3CCCC1CC3)COC2. The standard InChI is InChI=1S/C15H18N2O3/c18-15(19)12-6-9-7-20-8-13(9)16-14(12)17-10-2-1-3-11(17)5-4-10/h6,10-11H,1-5,7-8H2,(H,18,19). The van der Waals surface area contributed by atoms with Gasteiger partial charge in [-0.15, -0.1) is 0 Å². The van der Waals surface area contributed by atoms with Crippen molar-refractivity contribution in [3.63, 3.8) is 0 Å². The molecule has 0 amide bonds. The minimum atomic E-state index is -0.882. The molecule has 2 saturated heterocycles. The smallest absolute Gasteiger partial charge is 0.339 e. The van der Waals surface area contributed by atoms with Gasteiger partial charge in [0, 0.05) is 17.6 Å². The van der Waals surface area contributed by atoms with Crippen molar-refractivity contribution in [2.24, 2.45) is 0 Å². The molecule has 1 aromatic heterocycles. The third-order valence-electron chi connectivity index (χ3n) is 4.84. The number of carbonyl (C=O) groups is 1. The van der Waals surface area contributed by atoms with Gasteiger partial charge >= 0.3 is 5.97 Å². The van der Waals surface area contributed by atoms with Gasteiger partial charge in [-0.25, -0.2) is 9.78 Å². The van der Waals surface area contributed by atoms with Crippen LogP contribution < -0.4 is 4.90 Å². The average molecular weight is 274 g/mol. The van der Waals surface area contributed by atoms with Gasteiger partial charge in [0.25, 0.3) is 0 Å². The highest BCUT2D eigenvalue weighted by molar-refractivity contribution is 5.94. The van der Waals surface area contributed by atoms with E-state index in [4.69, 9.17) is 4.74 Å².